The average Bonchev–Trinajstić information content (AvgIpc) is 1.82. The SMILES string of the molecule is C/N=C(\C=C(\C)N)NC. The fraction of sp³-hybridized carbons (Fsp3) is 0.500. The van der Waals surface area contributed by atoms with Gasteiger partial charge in [-0.25, -0.2) is 0 Å². The van der Waals surface area contributed by atoms with Crippen molar-refractivity contribution in [2.45, 2.75) is 6.92 Å². The van der Waals surface area contributed by atoms with Crippen LogP contribution in [0.25, 0.3) is 0 Å². The summed E-state index contributed by atoms with van der Waals surface area (Å²) in [7, 11) is 3.52. The highest BCUT2D eigenvalue weighted by molar-refractivity contribution is 5.92. The molecule has 0 aromatic carbocycles. The quantitative estimate of drug-likeness (QED) is 0.387. The Morgan fingerprint density at radius 2 is 2.22 bits per heavy atom. The lowest BCUT2D eigenvalue weighted by Gasteiger charge is -1.96. The van der Waals surface area contributed by atoms with Crippen LogP contribution in [0.5, 0.6) is 0 Å². The number of likely N-dealkylation sites (N-methyl/N-ethyl adjacent to an activating group) is 1. The van der Waals surface area contributed by atoms with E-state index in [0.717, 1.165) is 11.5 Å². The molecule has 0 bridgehead atoms. The average molecular weight is 127 g/mol. The molecule has 0 aromatic heterocycles. The predicted molar refractivity (Wildman–Crippen MR) is 40.4 cm³/mol. The van der Waals surface area contributed by atoms with Crippen LogP contribution in [-0.2, 0) is 0 Å². The number of amidine groups is 1. The molecule has 0 saturated carbocycles. The molecule has 52 valence electrons. The molecular weight excluding hydrogens is 114 g/mol. The van der Waals surface area contributed by atoms with Crippen molar-refractivity contribution >= 4 is 5.84 Å². The fourth-order valence-electron chi connectivity index (χ4n) is 0.464. The summed E-state index contributed by atoms with van der Waals surface area (Å²) in [4.78, 5) is 3.90. The molecule has 3 heteroatoms. The minimum atomic E-state index is 0.755. The summed E-state index contributed by atoms with van der Waals surface area (Å²) in [6.07, 6.45) is 1.78. The third-order valence-corrected chi connectivity index (χ3v) is 0.861. The van der Waals surface area contributed by atoms with Crippen LogP contribution in [0.3, 0.4) is 0 Å². The second-order valence-electron chi connectivity index (χ2n) is 1.75. The number of hydrogen-bond donors (Lipinski definition) is 2. The van der Waals surface area contributed by atoms with Gasteiger partial charge in [-0.1, -0.05) is 0 Å². The van der Waals surface area contributed by atoms with E-state index in [1.807, 2.05) is 14.0 Å². The van der Waals surface area contributed by atoms with Crippen LogP contribution in [-0.4, -0.2) is 19.9 Å². The molecular formula is C6H13N3. The summed E-state index contributed by atoms with van der Waals surface area (Å²) < 4.78 is 0. The van der Waals surface area contributed by atoms with Gasteiger partial charge in [0.2, 0.25) is 0 Å². The molecule has 3 N–H and O–H groups in total. The van der Waals surface area contributed by atoms with Gasteiger partial charge in [-0.05, 0) is 13.0 Å². The second-order valence-corrected chi connectivity index (χ2v) is 1.75. The Morgan fingerprint density at radius 1 is 1.67 bits per heavy atom. The molecule has 0 fully saturated rings. The third kappa shape index (κ3) is 3.58. The van der Waals surface area contributed by atoms with Gasteiger partial charge in [0.25, 0.3) is 0 Å². The molecule has 0 spiro atoms. The molecule has 0 rings (SSSR count). The first-order valence-electron chi connectivity index (χ1n) is 2.79. The molecule has 9 heavy (non-hydrogen) atoms. The topological polar surface area (TPSA) is 50.4 Å². The molecule has 0 saturated heterocycles. The van der Waals surface area contributed by atoms with Crippen molar-refractivity contribution in [3.05, 3.63) is 11.8 Å². The Kier molecular flexibility index (Phi) is 3.51. The minimum Gasteiger partial charge on any atom is -0.402 e. The first kappa shape index (κ1) is 8.01. The number of nitrogens with two attached hydrogens (primary N) is 1. The highest BCUT2D eigenvalue weighted by Gasteiger charge is 1.84. The molecule has 0 radical (unpaired) electrons. The third-order valence-electron chi connectivity index (χ3n) is 0.861. The van der Waals surface area contributed by atoms with Gasteiger partial charge in [0.05, 0.1) is 0 Å². The Bertz CT molecular complexity index is 131. The maximum atomic E-state index is 5.38. The Labute approximate surface area is 55.7 Å². The van der Waals surface area contributed by atoms with Crippen molar-refractivity contribution in [2.75, 3.05) is 14.1 Å². The number of nitrogens with one attached hydrogen (secondary N) is 1. The number of rotatable bonds is 1. The lowest BCUT2D eigenvalue weighted by molar-refractivity contribution is 1.15. The first-order valence-corrected chi connectivity index (χ1v) is 2.79. The van der Waals surface area contributed by atoms with Gasteiger partial charge in [-0.3, -0.25) is 4.99 Å². The lowest BCUT2D eigenvalue weighted by Crippen LogP contribution is -2.16. The number of nitrogens with zero attached hydrogens (tertiary/aromatic N) is 1. The minimum absolute atomic E-state index is 0.755. The normalized spacial score (nSPS) is 13.7. The van der Waals surface area contributed by atoms with Crippen molar-refractivity contribution < 1.29 is 0 Å². The van der Waals surface area contributed by atoms with E-state index in [1.54, 1.807) is 13.1 Å². The van der Waals surface area contributed by atoms with Crippen LogP contribution in [0.2, 0.25) is 0 Å². The number of aliphatic imine (C=N–C) groups is 1. The monoisotopic (exact) mass is 127 g/mol. The fourth-order valence-corrected chi connectivity index (χ4v) is 0.464. The van der Waals surface area contributed by atoms with E-state index >= 15 is 0 Å². The number of hydrogen-bond acceptors (Lipinski definition) is 2. The maximum absolute atomic E-state index is 5.38. The molecule has 0 aromatic rings. The molecule has 0 atom stereocenters. The molecule has 0 aliphatic rings. The highest BCUT2D eigenvalue weighted by Crippen LogP contribution is 1.80. The molecule has 0 heterocycles. The Morgan fingerprint density at radius 3 is 2.33 bits per heavy atom. The first-order chi connectivity index (χ1) is 4.20. The van der Waals surface area contributed by atoms with Crippen LogP contribution in [0.1, 0.15) is 6.92 Å². The van der Waals surface area contributed by atoms with Gasteiger partial charge in [0.1, 0.15) is 5.84 Å². The van der Waals surface area contributed by atoms with Crippen molar-refractivity contribution in [2.24, 2.45) is 10.7 Å². The van der Waals surface area contributed by atoms with Crippen LogP contribution in [0, 0.1) is 0 Å². The van der Waals surface area contributed by atoms with E-state index in [4.69, 9.17) is 5.73 Å². The molecule has 3 nitrogen and oxygen atoms in total. The van der Waals surface area contributed by atoms with Crippen LogP contribution < -0.4 is 11.1 Å². The van der Waals surface area contributed by atoms with Gasteiger partial charge in [0, 0.05) is 19.8 Å². The summed E-state index contributed by atoms with van der Waals surface area (Å²) in [5.41, 5.74) is 6.14. The van der Waals surface area contributed by atoms with E-state index in [0.29, 0.717) is 0 Å². The molecule has 0 aliphatic heterocycles. The van der Waals surface area contributed by atoms with Gasteiger partial charge in [-0.15, -0.1) is 0 Å². The van der Waals surface area contributed by atoms with Crippen LogP contribution >= 0.6 is 0 Å². The molecule has 0 unspecified atom stereocenters. The van der Waals surface area contributed by atoms with Gasteiger partial charge >= 0.3 is 0 Å². The van der Waals surface area contributed by atoms with E-state index in [-0.39, 0.29) is 0 Å². The standard InChI is InChI=1S/C6H13N3/c1-5(7)4-6(8-2)9-3/h4H,7H2,1-3H3,(H,8,9)/b5-4-. The van der Waals surface area contributed by atoms with Crippen molar-refractivity contribution in [1.29, 1.82) is 0 Å². The summed E-state index contributed by atoms with van der Waals surface area (Å²) in [5, 5.41) is 2.88. The van der Waals surface area contributed by atoms with Crippen molar-refractivity contribution in [3.63, 3.8) is 0 Å². The zero-order chi connectivity index (χ0) is 7.28. The van der Waals surface area contributed by atoms with E-state index < -0.39 is 0 Å². The summed E-state index contributed by atoms with van der Waals surface area (Å²) in [6.45, 7) is 1.82. The summed E-state index contributed by atoms with van der Waals surface area (Å²) >= 11 is 0. The van der Waals surface area contributed by atoms with Crippen molar-refractivity contribution in [3.8, 4) is 0 Å². The molecule has 0 aliphatic carbocycles. The second kappa shape index (κ2) is 3.95. The summed E-state index contributed by atoms with van der Waals surface area (Å²) in [6, 6.07) is 0. The van der Waals surface area contributed by atoms with Crippen LogP contribution in [0.4, 0.5) is 0 Å². The highest BCUT2D eigenvalue weighted by atomic mass is 14.9. The van der Waals surface area contributed by atoms with Crippen LogP contribution in [0.15, 0.2) is 16.8 Å². The smallest absolute Gasteiger partial charge is 0.121 e. The van der Waals surface area contributed by atoms with Gasteiger partial charge in [-0.2, -0.15) is 0 Å². The van der Waals surface area contributed by atoms with E-state index in [9.17, 15) is 0 Å². The Hall–Kier alpha value is -0.990. The predicted octanol–water partition coefficient (Wildman–Crippen LogP) is 0.0966. The summed E-state index contributed by atoms with van der Waals surface area (Å²) in [5.74, 6) is 0.801. The zero-order valence-electron chi connectivity index (χ0n) is 6.10. The van der Waals surface area contributed by atoms with E-state index in [1.165, 1.54) is 0 Å². The lowest BCUT2D eigenvalue weighted by atomic mass is 10.4. The van der Waals surface area contributed by atoms with Gasteiger partial charge in [0.15, 0.2) is 0 Å². The van der Waals surface area contributed by atoms with Crippen molar-refractivity contribution in [1.82, 2.24) is 5.32 Å². The van der Waals surface area contributed by atoms with Gasteiger partial charge < -0.3 is 11.1 Å². The maximum Gasteiger partial charge on any atom is 0.121 e. The molecule has 0 amide bonds. The number of allylic oxidation sites excluding steroid dienone is 1. The zero-order valence-corrected chi connectivity index (χ0v) is 6.10. The Balaban J connectivity index is 4.01. The largest absolute Gasteiger partial charge is 0.402 e. The van der Waals surface area contributed by atoms with E-state index in [2.05, 4.69) is 10.3 Å².